The summed E-state index contributed by atoms with van der Waals surface area (Å²) in [6.07, 6.45) is 0. The van der Waals surface area contributed by atoms with Crippen LogP contribution in [-0.2, 0) is 14.8 Å². The average Bonchev–Trinajstić information content (AvgIpc) is 2.26. The number of carbonyl (C=O) groups excluding carboxylic acids is 1. The number of likely N-dealkylation sites (N-methyl/N-ethyl adjacent to an activating group) is 1. The summed E-state index contributed by atoms with van der Waals surface area (Å²) in [5, 5.41) is 2.34. The van der Waals surface area contributed by atoms with Crippen molar-refractivity contribution < 1.29 is 13.2 Å². The van der Waals surface area contributed by atoms with E-state index in [-0.39, 0.29) is 17.3 Å². The van der Waals surface area contributed by atoms with Gasteiger partial charge in [0.05, 0.1) is 11.4 Å². The van der Waals surface area contributed by atoms with Crippen molar-refractivity contribution in [2.24, 2.45) is 0 Å². The quantitative estimate of drug-likeness (QED) is 0.781. The standard InChI is InChI=1S/C10H14N2O3S/c1-8-5-3-4-6-9(8)16(14,15)12-7-10(13)11-2/h3-6,12H,7H2,1-2H3,(H,11,13). The molecule has 0 unspecified atom stereocenters. The van der Waals surface area contributed by atoms with E-state index in [9.17, 15) is 13.2 Å². The summed E-state index contributed by atoms with van der Waals surface area (Å²) in [4.78, 5) is 11.1. The lowest BCUT2D eigenvalue weighted by Gasteiger charge is -2.08. The molecule has 1 rings (SSSR count). The van der Waals surface area contributed by atoms with Crippen molar-refractivity contribution in [1.82, 2.24) is 10.0 Å². The van der Waals surface area contributed by atoms with Crippen LogP contribution in [0.15, 0.2) is 29.2 Å². The SMILES string of the molecule is CNC(=O)CNS(=O)(=O)c1ccccc1C. The molecule has 0 atom stereocenters. The van der Waals surface area contributed by atoms with Crippen LogP contribution in [0.25, 0.3) is 0 Å². The first-order valence-electron chi connectivity index (χ1n) is 4.73. The number of carbonyl (C=O) groups is 1. The molecule has 1 aromatic carbocycles. The Morgan fingerprint density at radius 1 is 1.31 bits per heavy atom. The van der Waals surface area contributed by atoms with Crippen molar-refractivity contribution in [3.63, 3.8) is 0 Å². The molecule has 2 N–H and O–H groups in total. The Morgan fingerprint density at radius 3 is 2.50 bits per heavy atom. The van der Waals surface area contributed by atoms with Gasteiger partial charge in [-0.25, -0.2) is 13.1 Å². The van der Waals surface area contributed by atoms with Crippen molar-refractivity contribution in [1.29, 1.82) is 0 Å². The zero-order valence-corrected chi connectivity index (χ0v) is 9.97. The smallest absolute Gasteiger partial charge is 0.241 e. The fourth-order valence-corrected chi connectivity index (χ4v) is 2.41. The molecule has 0 radical (unpaired) electrons. The summed E-state index contributed by atoms with van der Waals surface area (Å²) >= 11 is 0. The van der Waals surface area contributed by atoms with Gasteiger partial charge in [-0.1, -0.05) is 18.2 Å². The predicted octanol–water partition coefficient (Wildman–Crippen LogP) is 0.0193. The number of hydrogen-bond donors (Lipinski definition) is 2. The molecule has 0 heterocycles. The maximum Gasteiger partial charge on any atom is 0.241 e. The minimum Gasteiger partial charge on any atom is -0.358 e. The third-order valence-electron chi connectivity index (χ3n) is 2.08. The second-order valence-corrected chi connectivity index (χ2v) is 5.00. The minimum atomic E-state index is -3.61. The van der Waals surface area contributed by atoms with Gasteiger partial charge in [-0.2, -0.15) is 0 Å². The summed E-state index contributed by atoms with van der Waals surface area (Å²) < 4.78 is 25.8. The molecule has 0 aliphatic rings. The first-order valence-corrected chi connectivity index (χ1v) is 6.21. The second kappa shape index (κ2) is 5.09. The molecule has 6 heteroatoms. The third kappa shape index (κ3) is 3.04. The predicted molar refractivity (Wildman–Crippen MR) is 60.4 cm³/mol. The molecule has 0 saturated heterocycles. The largest absolute Gasteiger partial charge is 0.358 e. The first-order chi connectivity index (χ1) is 7.47. The highest BCUT2D eigenvalue weighted by Gasteiger charge is 2.16. The summed E-state index contributed by atoms with van der Waals surface area (Å²) in [5.41, 5.74) is 0.645. The van der Waals surface area contributed by atoms with Crippen LogP contribution in [0, 0.1) is 6.92 Å². The lowest BCUT2D eigenvalue weighted by molar-refractivity contribution is -0.119. The normalized spacial score (nSPS) is 11.1. The summed E-state index contributed by atoms with van der Waals surface area (Å²) in [5.74, 6) is -0.378. The molecular formula is C10H14N2O3S. The van der Waals surface area contributed by atoms with E-state index in [0.717, 1.165) is 0 Å². The molecule has 0 aliphatic carbocycles. The highest BCUT2D eigenvalue weighted by Crippen LogP contribution is 2.13. The van der Waals surface area contributed by atoms with E-state index in [2.05, 4.69) is 10.0 Å². The van der Waals surface area contributed by atoms with Gasteiger partial charge in [-0.05, 0) is 18.6 Å². The molecule has 88 valence electrons. The van der Waals surface area contributed by atoms with Gasteiger partial charge in [0, 0.05) is 7.05 Å². The van der Waals surface area contributed by atoms with Gasteiger partial charge in [-0.3, -0.25) is 4.79 Å². The van der Waals surface area contributed by atoms with E-state index in [1.54, 1.807) is 25.1 Å². The molecule has 5 nitrogen and oxygen atoms in total. The number of rotatable bonds is 4. The van der Waals surface area contributed by atoms with Crippen molar-refractivity contribution in [3.8, 4) is 0 Å². The topological polar surface area (TPSA) is 75.3 Å². The molecule has 0 fully saturated rings. The molecule has 0 saturated carbocycles. The molecule has 0 aromatic heterocycles. The van der Waals surface area contributed by atoms with Crippen LogP contribution < -0.4 is 10.0 Å². The van der Waals surface area contributed by atoms with Gasteiger partial charge < -0.3 is 5.32 Å². The highest BCUT2D eigenvalue weighted by atomic mass is 32.2. The van der Waals surface area contributed by atoms with Crippen molar-refractivity contribution in [3.05, 3.63) is 29.8 Å². The summed E-state index contributed by atoms with van der Waals surface area (Å²) in [6.45, 7) is 1.45. The number of sulfonamides is 1. The van der Waals surface area contributed by atoms with Gasteiger partial charge in [0.1, 0.15) is 0 Å². The Balaban J connectivity index is 2.87. The van der Waals surface area contributed by atoms with Gasteiger partial charge >= 0.3 is 0 Å². The molecule has 0 aliphatic heterocycles. The van der Waals surface area contributed by atoms with E-state index in [1.807, 2.05) is 0 Å². The van der Waals surface area contributed by atoms with Crippen molar-refractivity contribution in [2.75, 3.05) is 13.6 Å². The number of hydrogen-bond acceptors (Lipinski definition) is 3. The molecular weight excluding hydrogens is 228 g/mol. The molecule has 1 amide bonds. The molecule has 1 aromatic rings. The fourth-order valence-electron chi connectivity index (χ4n) is 1.18. The van der Waals surface area contributed by atoms with Crippen molar-refractivity contribution in [2.45, 2.75) is 11.8 Å². The number of nitrogens with one attached hydrogen (secondary N) is 2. The molecule has 16 heavy (non-hydrogen) atoms. The minimum absolute atomic E-state index is 0.193. The van der Waals surface area contributed by atoms with E-state index in [1.165, 1.54) is 13.1 Å². The average molecular weight is 242 g/mol. The Kier molecular flexibility index (Phi) is 4.03. The van der Waals surface area contributed by atoms with E-state index >= 15 is 0 Å². The summed E-state index contributed by atoms with van der Waals surface area (Å²) in [6, 6.07) is 6.60. The van der Waals surface area contributed by atoms with Crippen LogP contribution in [0.1, 0.15) is 5.56 Å². The Morgan fingerprint density at radius 2 is 1.94 bits per heavy atom. The maximum atomic E-state index is 11.8. The second-order valence-electron chi connectivity index (χ2n) is 3.26. The van der Waals surface area contributed by atoms with Crippen LogP contribution in [0.2, 0.25) is 0 Å². The Hall–Kier alpha value is -1.40. The molecule has 0 bridgehead atoms. The van der Waals surface area contributed by atoms with Crippen LogP contribution in [0.4, 0.5) is 0 Å². The number of aryl methyl sites for hydroxylation is 1. The third-order valence-corrected chi connectivity index (χ3v) is 3.65. The van der Waals surface area contributed by atoms with Crippen LogP contribution >= 0.6 is 0 Å². The highest BCUT2D eigenvalue weighted by molar-refractivity contribution is 7.89. The van der Waals surface area contributed by atoms with Gasteiger partial charge in [0.2, 0.25) is 15.9 Å². The number of amides is 1. The van der Waals surface area contributed by atoms with Crippen LogP contribution in [-0.4, -0.2) is 27.9 Å². The zero-order chi connectivity index (χ0) is 12.2. The van der Waals surface area contributed by atoms with Crippen LogP contribution in [0.3, 0.4) is 0 Å². The maximum absolute atomic E-state index is 11.8. The lowest BCUT2D eigenvalue weighted by atomic mass is 10.2. The Bertz CT molecular complexity index is 483. The Labute approximate surface area is 94.9 Å². The fraction of sp³-hybridized carbons (Fsp3) is 0.300. The first kappa shape index (κ1) is 12.7. The number of benzene rings is 1. The van der Waals surface area contributed by atoms with Gasteiger partial charge in [-0.15, -0.1) is 0 Å². The lowest BCUT2D eigenvalue weighted by Crippen LogP contribution is -2.35. The van der Waals surface area contributed by atoms with E-state index in [4.69, 9.17) is 0 Å². The molecule has 0 spiro atoms. The summed E-state index contributed by atoms with van der Waals surface area (Å²) in [7, 11) is -2.16. The van der Waals surface area contributed by atoms with E-state index in [0.29, 0.717) is 5.56 Å². The zero-order valence-electron chi connectivity index (χ0n) is 9.15. The van der Waals surface area contributed by atoms with Gasteiger partial charge in [0.15, 0.2) is 0 Å². The monoisotopic (exact) mass is 242 g/mol. The van der Waals surface area contributed by atoms with Crippen molar-refractivity contribution >= 4 is 15.9 Å². The van der Waals surface area contributed by atoms with E-state index < -0.39 is 10.0 Å². The van der Waals surface area contributed by atoms with Gasteiger partial charge in [0.25, 0.3) is 0 Å². The van der Waals surface area contributed by atoms with Crippen LogP contribution in [0.5, 0.6) is 0 Å².